The highest BCUT2D eigenvalue weighted by molar-refractivity contribution is 7.13. The van der Waals surface area contributed by atoms with Gasteiger partial charge in [-0.15, -0.1) is 11.3 Å². The Kier molecular flexibility index (Phi) is 3.99. The Hall–Kier alpha value is -2.51. The molecule has 1 amide bonds. The van der Waals surface area contributed by atoms with E-state index >= 15 is 0 Å². The topological polar surface area (TPSA) is 76.9 Å². The van der Waals surface area contributed by atoms with Crippen molar-refractivity contribution in [3.63, 3.8) is 0 Å². The van der Waals surface area contributed by atoms with E-state index in [0.29, 0.717) is 15.7 Å². The van der Waals surface area contributed by atoms with E-state index < -0.39 is 5.91 Å². The average molecular weight is 333 g/mol. The molecule has 0 saturated heterocycles. The van der Waals surface area contributed by atoms with Gasteiger partial charge in [0.05, 0.1) is 0 Å². The number of carbonyl (C=O) groups excluding carboxylic acids is 2. The third kappa shape index (κ3) is 3.05. The Labute approximate surface area is 134 Å². The SMILES string of the molecule is O=C(Nc1nccs1)c1ccn(C(=O)c2cccc(Cl)c2)n1. The molecule has 0 atom stereocenters. The predicted molar refractivity (Wildman–Crippen MR) is 83.5 cm³/mol. The number of anilines is 1. The second kappa shape index (κ2) is 6.08. The predicted octanol–water partition coefficient (Wildman–Crippen LogP) is 2.93. The maximum Gasteiger partial charge on any atom is 0.278 e. The van der Waals surface area contributed by atoms with Crippen molar-refractivity contribution < 1.29 is 9.59 Å². The molecule has 0 spiro atoms. The standard InChI is InChI=1S/C14H9ClN4O2S/c15-10-3-1-2-9(8-10)13(21)19-6-4-11(18-19)12(20)17-14-16-5-7-22-14/h1-8H,(H,16,17,20). The van der Waals surface area contributed by atoms with Crippen LogP contribution in [0.3, 0.4) is 0 Å². The molecule has 0 saturated carbocycles. The van der Waals surface area contributed by atoms with Gasteiger partial charge in [-0.25, -0.2) is 9.67 Å². The summed E-state index contributed by atoms with van der Waals surface area (Å²) in [7, 11) is 0. The van der Waals surface area contributed by atoms with Crippen LogP contribution in [0.15, 0.2) is 48.1 Å². The van der Waals surface area contributed by atoms with Gasteiger partial charge >= 0.3 is 0 Å². The molecule has 3 rings (SSSR count). The van der Waals surface area contributed by atoms with Crippen LogP contribution in [-0.4, -0.2) is 26.6 Å². The number of aromatic nitrogens is 3. The minimum atomic E-state index is -0.424. The fourth-order valence-electron chi connectivity index (χ4n) is 1.76. The van der Waals surface area contributed by atoms with Gasteiger partial charge in [-0.05, 0) is 24.3 Å². The van der Waals surface area contributed by atoms with Crippen LogP contribution < -0.4 is 5.32 Å². The third-order valence-corrected chi connectivity index (χ3v) is 3.68. The van der Waals surface area contributed by atoms with E-state index in [2.05, 4.69) is 15.4 Å². The second-order valence-corrected chi connectivity index (χ2v) is 5.58. The molecule has 0 aliphatic rings. The summed E-state index contributed by atoms with van der Waals surface area (Å²) in [5.74, 6) is -0.789. The van der Waals surface area contributed by atoms with E-state index in [1.54, 1.807) is 35.8 Å². The lowest BCUT2D eigenvalue weighted by Gasteiger charge is -2.01. The molecule has 0 fully saturated rings. The zero-order valence-electron chi connectivity index (χ0n) is 11.1. The second-order valence-electron chi connectivity index (χ2n) is 4.25. The molecule has 1 aromatic carbocycles. The maximum atomic E-state index is 12.3. The van der Waals surface area contributed by atoms with Crippen molar-refractivity contribution in [1.82, 2.24) is 14.8 Å². The van der Waals surface area contributed by atoms with Crippen LogP contribution in [0, 0.1) is 0 Å². The molecule has 0 radical (unpaired) electrons. The average Bonchev–Trinajstić information content (AvgIpc) is 3.17. The van der Waals surface area contributed by atoms with Crippen molar-refractivity contribution in [1.29, 1.82) is 0 Å². The Bertz CT molecular complexity index is 829. The Morgan fingerprint density at radius 1 is 1.27 bits per heavy atom. The van der Waals surface area contributed by atoms with Crippen LogP contribution in [0.25, 0.3) is 0 Å². The Morgan fingerprint density at radius 3 is 2.86 bits per heavy atom. The molecule has 1 N–H and O–H groups in total. The number of benzene rings is 1. The van der Waals surface area contributed by atoms with Crippen LogP contribution in [0.4, 0.5) is 5.13 Å². The molecule has 0 aliphatic carbocycles. The highest BCUT2D eigenvalue weighted by atomic mass is 35.5. The zero-order chi connectivity index (χ0) is 15.5. The zero-order valence-corrected chi connectivity index (χ0v) is 12.6. The van der Waals surface area contributed by atoms with E-state index in [9.17, 15) is 9.59 Å². The number of amides is 1. The van der Waals surface area contributed by atoms with E-state index in [1.807, 2.05) is 0 Å². The van der Waals surface area contributed by atoms with E-state index in [0.717, 1.165) is 4.68 Å². The lowest BCUT2D eigenvalue weighted by atomic mass is 10.2. The first kappa shape index (κ1) is 14.4. The molecule has 0 bridgehead atoms. The molecule has 2 heterocycles. The quantitative estimate of drug-likeness (QED) is 0.800. The van der Waals surface area contributed by atoms with Crippen molar-refractivity contribution >= 4 is 39.9 Å². The first-order valence-corrected chi connectivity index (χ1v) is 7.46. The monoisotopic (exact) mass is 332 g/mol. The number of halogens is 1. The number of nitrogens with zero attached hydrogens (tertiary/aromatic N) is 3. The fourth-order valence-corrected chi connectivity index (χ4v) is 2.47. The molecule has 2 aromatic heterocycles. The molecule has 0 aliphatic heterocycles. The van der Waals surface area contributed by atoms with Crippen LogP contribution in [0.2, 0.25) is 5.02 Å². The van der Waals surface area contributed by atoms with E-state index in [-0.39, 0.29) is 11.6 Å². The number of hydrogen-bond acceptors (Lipinski definition) is 5. The largest absolute Gasteiger partial charge is 0.296 e. The molecule has 22 heavy (non-hydrogen) atoms. The van der Waals surface area contributed by atoms with Gasteiger partial charge in [0.15, 0.2) is 10.8 Å². The highest BCUT2D eigenvalue weighted by Gasteiger charge is 2.15. The van der Waals surface area contributed by atoms with Crippen LogP contribution in [0.5, 0.6) is 0 Å². The van der Waals surface area contributed by atoms with Crippen LogP contribution in [0.1, 0.15) is 20.8 Å². The summed E-state index contributed by atoms with van der Waals surface area (Å²) < 4.78 is 1.10. The Morgan fingerprint density at radius 2 is 2.14 bits per heavy atom. The van der Waals surface area contributed by atoms with Gasteiger partial charge in [-0.3, -0.25) is 14.9 Å². The first-order valence-electron chi connectivity index (χ1n) is 6.20. The van der Waals surface area contributed by atoms with Crippen molar-refractivity contribution in [2.45, 2.75) is 0 Å². The summed E-state index contributed by atoms with van der Waals surface area (Å²) >= 11 is 7.16. The lowest BCUT2D eigenvalue weighted by molar-refractivity contribution is 0.0944. The summed E-state index contributed by atoms with van der Waals surface area (Å²) in [4.78, 5) is 28.2. The summed E-state index contributed by atoms with van der Waals surface area (Å²) in [5, 5.41) is 9.26. The summed E-state index contributed by atoms with van der Waals surface area (Å²) in [6.45, 7) is 0. The van der Waals surface area contributed by atoms with Crippen LogP contribution >= 0.6 is 22.9 Å². The molecule has 8 heteroatoms. The van der Waals surface area contributed by atoms with Gasteiger partial charge in [0.25, 0.3) is 11.8 Å². The van der Waals surface area contributed by atoms with Crippen molar-refractivity contribution in [3.8, 4) is 0 Å². The van der Waals surface area contributed by atoms with Gasteiger partial charge < -0.3 is 0 Å². The smallest absolute Gasteiger partial charge is 0.278 e. The van der Waals surface area contributed by atoms with Crippen molar-refractivity contribution in [2.75, 3.05) is 5.32 Å². The third-order valence-electron chi connectivity index (χ3n) is 2.75. The van der Waals surface area contributed by atoms with Gasteiger partial charge in [-0.1, -0.05) is 17.7 Å². The van der Waals surface area contributed by atoms with E-state index in [4.69, 9.17) is 11.6 Å². The number of thiazole rings is 1. The molecule has 0 unspecified atom stereocenters. The number of carbonyl (C=O) groups is 2. The lowest BCUT2D eigenvalue weighted by Crippen LogP contribution is -2.16. The fraction of sp³-hybridized carbons (Fsp3) is 0. The van der Waals surface area contributed by atoms with Crippen LogP contribution in [-0.2, 0) is 0 Å². The summed E-state index contributed by atoms with van der Waals surface area (Å²) in [6, 6.07) is 7.99. The molecular formula is C14H9ClN4O2S. The number of hydrogen-bond donors (Lipinski definition) is 1. The maximum absolute atomic E-state index is 12.3. The van der Waals surface area contributed by atoms with Gasteiger partial charge in [0.1, 0.15) is 0 Å². The summed E-state index contributed by atoms with van der Waals surface area (Å²) in [5.41, 5.74) is 0.521. The molecule has 3 aromatic rings. The Balaban J connectivity index is 1.78. The molecule has 6 nitrogen and oxygen atoms in total. The number of rotatable bonds is 3. The van der Waals surface area contributed by atoms with Gasteiger partial charge in [0, 0.05) is 28.4 Å². The van der Waals surface area contributed by atoms with Gasteiger partial charge in [-0.2, -0.15) is 5.10 Å². The normalized spacial score (nSPS) is 10.4. The highest BCUT2D eigenvalue weighted by Crippen LogP contribution is 2.13. The first-order chi connectivity index (χ1) is 10.6. The number of nitrogens with one attached hydrogen (secondary N) is 1. The van der Waals surface area contributed by atoms with Gasteiger partial charge in [0.2, 0.25) is 0 Å². The minimum absolute atomic E-state index is 0.130. The van der Waals surface area contributed by atoms with Crippen molar-refractivity contribution in [3.05, 3.63) is 64.4 Å². The molecule has 110 valence electrons. The van der Waals surface area contributed by atoms with Crippen molar-refractivity contribution in [2.24, 2.45) is 0 Å². The molecular weight excluding hydrogens is 324 g/mol. The van der Waals surface area contributed by atoms with E-state index in [1.165, 1.54) is 23.6 Å². The summed E-state index contributed by atoms with van der Waals surface area (Å²) in [6.07, 6.45) is 3.02. The minimum Gasteiger partial charge on any atom is -0.296 e.